The molecule has 2 aromatic carbocycles. The maximum absolute atomic E-state index is 8.91. The minimum atomic E-state index is 0.592. The summed E-state index contributed by atoms with van der Waals surface area (Å²) in [6.45, 7) is 0. The fourth-order valence-corrected chi connectivity index (χ4v) is 2.11. The Morgan fingerprint density at radius 3 is 2.53 bits per heavy atom. The summed E-state index contributed by atoms with van der Waals surface area (Å²) in [6, 6.07) is 15.3. The van der Waals surface area contributed by atoms with Crippen molar-refractivity contribution in [2.45, 2.75) is 0 Å². The molecule has 0 aliphatic heterocycles. The van der Waals surface area contributed by atoms with Gasteiger partial charge in [-0.15, -0.1) is 0 Å². The molecule has 0 unspecified atom stereocenters. The third-order valence-corrected chi connectivity index (χ3v) is 3.34. The fourth-order valence-electron chi connectivity index (χ4n) is 1.84. The molecule has 1 heterocycles. The topological polar surface area (TPSA) is 49.6 Å². The highest BCUT2D eigenvalue weighted by molar-refractivity contribution is 9.10. The highest BCUT2D eigenvalue weighted by Crippen LogP contribution is 2.21. The Morgan fingerprint density at radius 2 is 1.79 bits per heavy atom. The van der Waals surface area contributed by atoms with Crippen LogP contribution >= 0.6 is 15.9 Å². The Kier molecular flexibility index (Phi) is 2.98. The van der Waals surface area contributed by atoms with Gasteiger partial charge in [-0.1, -0.05) is 28.1 Å². The monoisotopic (exact) mass is 309 g/mol. The van der Waals surface area contributed by atoms with Crippen LogP contribution in [-0.4, -0.2) is 9.97 Å². The van der Waals surface area contributed by atoms with Crippen LogP contribution < -0.4 is 0 Å². The van der Waals surface area contributed by atoms with Crippen LogP contribution in [0, 0.1) is 11.3 Å². The number of nitrogens with zero attached hydrogens (tertiary/aromatic N) is 3. The van der Waals surface area contributed by atoms with E-state index in [9.17, 15) is 0 Å². The predicted molar refractivity (Wildman–Crippen MR) is 77.4 cm³/mol. The van der Waals surface area contributed by atoms with Crippen LogP contribution in [0.25, 0.3) is 22.3 Å². The first-order valence-corrected chi connectivity index (χ1v) is 6.48. The van der Waals surface area contributed by atoms with Crippen molar-refractivity contribution in [2.75, 3.05) is 0 Å². The van der Waals surface area contributed by atoms with E-state index in [2.05, 4.69) is 32.0 Å². The molecule has 0 bridgehead atoms. The Bertz CT molecular complexity index is 789. The number of benzene rings is 2. The second kappa shape index (κ2) is 4.79. The number of nitriles is 1. The standard InChI is InChI=1S/C15H8BrN3/c16-12-4-2-11(3-5-12)15-9-18-13-6-1-10(8-17)7-14(13)19-15/h1-7,9H. The summed E-state index contributed by atoms with van der Waals surface area (Å²) in [6.07, 6.45) is 1.75. The van der Waals surface area contributed by atoms with E-state index >= 15 is 0 Å². The van der Waals surface area contributed by atoms with Crippen molar-refractivity contribution < 1.29 is 0 Å². The molecule has 0 atom stereocenters. The van der Waals surface area contributed by atoms with Gasteiger partial charge in [0, 0.05) is 10.0 Å². The van der Waals surface area contributed by atoms with Crippen molar-refractivity contribution in [1.82, 2.24) is 9.97 Å². The molecule has 0 radical (unpaired) electrons. The summed E-state index contributed by atoms with van der Waals surface area (Å²) in [5.74, 6) is 0. The molecule has 4 heteroatoms. The highest BCUT2D eigenvalue weighted by Gasteiger charge is 2.03. The van der Waals surface area contributed by atoms with Crippen molar-refractivity contribution in [3.05, 3.63) is 58.7 Å². The molecule has 3 rings (SSSR count). The molecular formula is C15H8BrN3. The largest absolute Gasteiger partial charge is 0.252 e. The molecule has 0 fully saturated rings. The van der Waals surface area contributed by atoms with E-state index in [1.807, 2.05) is 30.3 Å². The van der Waals surface area contributed by atoms with Crippen LogP contribution in [-0.2, 0) is 0 Å². The lowest BCUT2D eigenvalue weighted by molar-refractivity contribution is 1.29. The number of hydrogen-bond acceptors (Lipinski definition) is 3. The first-order valence-electron chi connectivity index (χ1n) is 5.69. The van der Waals surface area contributed by atoms with Crippen molar-refractivity contribution in [2.24, 2.45) is 0 Å². The molecule has 19 heavy (non-hydrogen) atoms. The molecule has 0 N–H and O–H groups in total. The summed E-state index contributed by atoms with van der Waals surface area (Å²) in [7, 11) is 0. The van der Waals surface area contributed by atoms with Gasteiger partial charge in [0.25, 0.3) is 0 Å². The number of fused-ring (bicyclic) bond motifs is 1. The zero-order valence-electron chi connectivity index (χ0n) is 9.84. The second-order valence-electron chi connectivity index (χ2n) is 4.08. The summed E-state index contributed by atoms with van der Waals surface area (Å²) >= 11 is 3.40. The molecular weight excluding hydrogens is 302 g/mol. The molecule has 90 valence electrons. The van der Waals surface area contributed by atoms with Crippen LogP contribution in [0.1, 0.15) is 5.56 Å². The van der Waals surface area contributed by atoms with Crippen LogP contribution in [0.2, 0.25) is 0 Å². The van der Waals surface area contributed by atoms with Gasteiger partial charge in [-0.25, -0.2) is 4.98 Å². The van der Waals surface area contributed by atoms with Gasteiger partial charge >= 0.3 is 0 Å². The van der Waals surface area contributed by atoms with Gasteiger partial charge < -0.3 is 0 Å². The molecule has 0 aliphatic rings. The Morgan fingerprint density at radius 1 is 1.00 bits per heavy atom. The first kappa shape index (κ1) is 11.8. The van der Waals surface area contributed by atoms with Crippen molar-refractivity contribution in [1.29, 1.82) is 5.26 Å². The van der Waals surface area contributed by atoms with E-state index in [-0.39, 0.29) is 0 Å². The second-order valence-corrected chi connectivity index (χ2v) is 4.99. The molecule has 3 nitrogen and oxygen atoms in total. The quantitative estimate of drug-likeness (QED) is 0.684. The maximum Gasteiger partial charge on any atom is 0.0992 e. The summed E-state index contributed by atoms with van der Waals surface area (Å²) < 4.78 is 1.02. The molecule has 3 aromatic rings. The average molecular weight is 310 g/mol. The molecule has 0 aliphatic carbocycles. The smallest absolute Gasteiger partial charge is 0.0992 e. The van der Waals surface area contributed by atoms with Gasteiger partial charge in [0.2, 0.25) is 0 Å². The number of rotatable bonds is 1. The average Bonchev–Trinajstić information content (AvgIpc) is 2.47. The van der Waals surface area contributed by atoms with Gasteiger partial charge in [0.1, 0.15) is 0 Å². The molecule has 0 spiro atoms. The summed E-state index contributed by atoms with van der Waals surface area (Å²) in [5, 5.41) is 8.91. The summed E-state index contributed by atoms with van der Waals surface area (Å²) in [4.78, 5) is 8.93. The van der Waals surface area contributed by atoms with Gasteiger partial charge in [0.15, 0.2) is 0 Å². The third-order valence-electron chi connectivity index (χ3n) is 2.81. The number of halogens is 1. The molecule has 0 amide bonds. The lowest BCUT2D eigenvalue weighted by Crippen LogP contribution is -1.89. The normalized spacial score (nSPS) is 10.3. The van der Waals surface area contributed by atoms with E-state index in [0.717, 1.165) is 26.8 Å². The van der Waals surface area contributed by atoms with E-state index in [4.69, 9.17) is 5.26 Å². The highest BCUT2D eigenvalue weighted by atomic mass is 79.9. The van der Waals surface area contributed by atoms with E-state index in [0.29, 0.717) is 5.56 Å². The van der Waals surface area contributed by atoms with Crippen LogP contribution in [0.4, 0.5) is 0 Å². The van der Waals surface area contributed by atoms with Gasteiger partial charge in [-0.2, -0.15) is 5.26 Å². The Labute approximate surface area is 118 Å². The Balaban J connectivity index is 2.15. The molecule has 0 saturated heterocycles. The predicted octanol–water partition coefficient (Wildman–Crippen LogP) is 3.93. The maximum atomic E-state index is 8.91. The van der Waals surface area contributed by atoms with Crippen molar-refractivity contribution >= 4 is 27.0 Å². The lowest BCUT2D eigenvalue weighted by Gasteiger charge is -2.03. The zero-order valence-corrected chi connectivity index (χ0v) is 11.4. The lowest BCUT2D eigenvalue weighted by atomic mass is 10.1. The fraction of sp³-hybridized carbons (Fsp3) is 0. The number of hydrogen-bond donors (Lipinski definition) is 0. The molecule has 1 aromatic heterocycles. The molecule has 0 saturated carbocycles. The van der Waals surface area contributed by atoms with Crippen molar-refractivity contribution in [3.8, 4) is 17.3 Å². The van der Waals surface area contributed by atoms with Crippen LogP contribution in [0.15, 0.2) is 53.1 Å². The third kappa shape index (κ3) is 2.33. The van der Waals surface area contributed by atoms with E-state index < -0.39 is 0 Å². The first-order chi connectivity index (χ1) is 9.26. The zero-order chi connectivity index (χ0) is 13.2. The summed E-state index contributed by atoms with van der Waals surface area (Å²) in [5.41, 5.74) is 3.92. The minimum Gasteiger partial charge on any atom is -0.252 e. The minimum absolute atomic E-state index is 0.592. The van der Waals surface area contributed by atoms with Crippen LogP contribution in [0.5, 0.6) is 0 Å². The number of aromatic nitrogens is 2. The van der Waals surface area contributed by atoms with Gasteiger partial charge in [-0.05, 0) is 30.3 Å². The SMILES string of the molecule is N#Cc1ccc2ncc(-c3ccc(Br)cc3)nc2c1. The Hall–Kier alpha value is -2.25. The van der Waals surface area contributed by atoms with E-state index in [1.54, 1.807) is 18.3 Å². The van der Waals surface area contributed by atoms with Crippen LogP contribution in [0.3, 0.4) is 0 Å². The van der Waals surface area contributed by atoms with E-state index in [1.165, 1.54) is 0 Å². The van der Waals surface area contributed by atoms with Crippen molar-refractivity contribution in [3.63, 3.8) is 0 Å². The van der Waals surface area contributed by atoms with Gasteiger partial charge in [-0.3, -0.25) is 4.98 Å². The van der Waals surface area contributed by atoms with Gasteiger partial charge in [0.05, 0.1) is 34.6 Å².